The smallest absolute Gasteiger partial charge is 0.335 e. The number of benzene rings is 3. The lowest BCUT2D eigenvalue weighted by molar-refractivity contribution is -0.435. The van der Waals surface area contributed by atoms with E-state index < -0.39 is 5.97 Å². The molecule has 1 saturated carbocycles. The van der Waals surface area contributed by atoms with E-state index in [0.717, 1.165) is 67.0 Å². The van der Waals surface area contributed by atoms with Gasteiger partial charge in [0.05, 0.1) is 24.3 Å². The van der Waals surface area contributed by atoms with Crippen LogP contribution in [0.5, 0.6) is 11.5 Å². The molecule has 1 spiro atoms. The van der Waals surface area contributed by atoms with Crippen LogP contribution in [0.1, 0.15) is 55.5 Å². The maximum Gasteiger partial charge on any atom is 0.335 e. The van der Waals surface area contributed by atoms with E-state index in [2.05, 4.69) is 16.7 Å². The van der Waals surface area contributed by atoms with Gasteiger partial charge in [0, 0.05) is 12.1 Å². The molecule has 0 bridgehead atoms. The monoisotopic (exact) mass is 532 g/mol. The number of carbonyl (C=O) groups is 1. The number of carboxylic acids is 1. The highest BCUT2D eigenvalue weighted by molar-refractivity contribution is 5.87. The first-order chi connectivity index (χ1) is 18.9. The third-order valence-corrected chi connectivity index (χ3v) is 7.73. The van der Waals surface area contributed by atoms with Crippen molar-refractivity contribution in [2.24, 2.45) is 5.92 Å². The number of carboxylic acid groups (broad SMARTS) is 1. The van der Waals surface area contributed by atoms with E-state index >= 15 is 0 Å². The number of hydrogen-bond acceptors (Lipinski definition) is 4. The average molecular weight is 533 g/mol. The molecule has 39 heavy (non-hydrogen) atoms. The van der Waals surface area contributed by atoms with Crippen LogP contribution in [0, 0.1) is 11.7 Å². The van der Waals surface area contributed by atoms with Crippen molar-refractivity contribution in [2.75, 3.05) is 19.8 Å². The Balaban J connectivity index is 1.27. The largest absolute Gasteiger partial charge is 0.493 e. The molecule has 3 aromatic carbocycles. The molecule has 1 aliphatic heterocycles. The van der Waals surface area contributed by atoms with E-state index in [1.165, 1.54) is 17.7 Å². The van der Waals surface area contributed by atoms with Gasteiger partial charge in [-0.2, -0.15) is 4.58 Å². The quantitative estimate of drug-likeness (QED) is 0.305. The fourth-order valence-corrected chi connectivity index (χ4v) is 5.73. The summed E-state index contributed by atoms with van der Waals surface area (Å²) in [6.07, 6.45) is 6.72. The molecule has 1 N–H and O–H groups in total. The van der Waals surface area contributed by atoms with Crippen LogP contribution in [0.15, 0.2) is 60.7 Å². The molecule has 2 aliphatic rings. The topological polar surface area (TPSA) is 68.0 Å². The number of rotatable bonds is 9. The minimum atomic E-state index is -0.926. The van der Waals surface area contributed by atoms with Crippen LogP contribution in [0.4, 0.5) is 10.1 Å². The molecule has 0 atom stereocenters. The van der Waals surface area contributed by atoms with E-state index in [1.54, 1.807) is 30.7 Å². The van der Waals surface area contributed by atoms with Gasteiger partial charge in [-0.05, 0) is 99.4 Å². The van der Waals surface area contributed by atoms with Gasteiger partial charge in [-0.25, -0.2) is 9.18 Å². The van der Waals surface area contributed by atoms with Crippen molar-refractivity contribution in [2.45, 2.75) is 51.6 Å². The van der Waals surface area contributed by atoms with Crippen molar-refractivity contribution < 1.29 is 33.1 Å². The van der Waals surface area contributed by atoms with Crippen molar-refractivity contribution in [3.8, 4) is 22.6 Å². The maximum atomic E-state index is 13.6. The average Bonchev–Trinajstić information content (AvgIpc) is 3.35. The lowest BCUT2D eigenvalue weighted by Crippen LogP contribution is -2.38. The number of ether oxygens (including phenoxy) is 3. The van der Waals surface area contributed by atoms with Gasteiger partial charge >= 0.3 is 12.4 Å². The van der Waals surface area contributed by atoms with Gasteiger partial charge in [0.25, 0.3) is 0 Å². The number of aromatic carboxylic acids is 1. The maximum absolute atomic E-state index is 13.6. The highest BCUT2D eigenvalue weighted by Crippen LogP contribution is 2.43. The highest BCUT2D eigenvalue weighted by atomic mass is 19.1. The van der Waals surface area contributed by atoms with E-state index in [0.29, 0.717) is 19.1 Å². The van der Waals surface area contributed by atoms with Crippen LogP contribution in [-0.4, -0.2) is 47.4 Å². The van der Waals surface area contributed by atoms with Crippen molar-refractivity contribution in [1.82, 2.24) is 0 Å². The van der Waals surface area contributed by atoms with Gasteiger partial charge in [-0.1, -0.05) is 12.1 Å². The number of hydrogen-bond donors (Lipinski definition) is 1. The van der Waals surface area contributed by atoms with Gasteiger partial charge < -0.3 is 19.3 Å². The number of halogens is 1. The molecule has 3 aromatic rings. The first-order valence-electron chi connectivity index (χ1n) is 13.7. The second kappa shape index (κ2) is 11.5. The summed E-state index contributed by atoms with van der Waals surface area (Å²) >= 11 is 0. The molecule has 0 amide bonds. The Morgan fingerprint density at radius 2 is 1.62 bits per heavy atom. The molecule has 0 unspecified atom stereocenters. The lowest BCUT2D eigenvalue weighted by Gasteiger charge is -2.33. The Kier molecular flexibility index (Phi) is 7.87. The minimum absolute atomic E-state index is 0.207. The molecule has 0 aromatic heterocycles. The molecule has 1 aliphatic carbocycles. The first-order valence-corrected chi connectivity index (χ1v) is 13.7. The molecule has 5 rings (SSSR count). The Morgan fingerprint density at radius 1 is 1.00 bits per heavy atom. The molecular weight excluding hydrogens is 497 g/mol. The fraction of sp³-hybridized carbons (Fsp3) is 0.375. The minimum Gasteiger partial charge on any atom is -0.493 e. The Labute approximate surface area is 228 Å². The van der Waals surface area contributed by atoms with Gasteiger partial charge in [-0.15, -0.1) is 0 Å². The predicted octanol–water partition coefficient (Wildman–Crippen LogP) is 6.86. The SMILES string of the molecule is CCOc1cc(CC2CCC3(CC2)C[N+](c2ccc(C(=O)O)cc2)=CO3)cc(OCC)c1-c1ccc(F)cc1. The van der Waals surface area contributed by atoms with Crippen LogP contribution in [-0.2, 0) is 11.2 Å². The zero-order valence-corrected chi connectivity index (χ0v) is 22.5. The van der Waals surface area contributed by atoms with Crippen molar-refractivity contribution in [1.29, 1.82) is 0 Å². The molecular formula is C32H35FNO5+. The summed E-state index contributed by atoms with van der Waals surface area (Å²) in [5.74, 6) is 0.837. The van der Waals surface area contributed by atoms with Crippen LogP contribution in [0.3, 0.4) is 0 Å². The third-order valence-electron chi connectivity index (χ3n) is 7.73. The molecule has 1 fully saturated rings. The first kappa shape index (κ1) is 26.7. The summed E-state index contributed by atoms with van der Waals surface area (Å²) in [4.78, 5) is 11.2. The van der Waals surface area contributed by atoms with E-state index in [1.807, 2.05) is 26.0 Å². The van der Waals surface area contributed by atoms with Gasteiger partial charge in [0.1, 0.15) is 17.3 Å². The van der Waals surface area contributed by atoms with Gasteiger partial charge in [0.2, 0.25) is 5.69 Å². The van der Waals surface area contributed by atoms with Crippen LogP contribution >= 0.6 is 0 Å². The van der Waals surface area contributed by atoms with Crippen molar-refractivity contribution >= 4 is 18.1 Å². The second-order valence-electron chi connectivity index (χ2n) is 10.4. The zero-order chi connectivity index (χ0) is 27.4. The summed E-state index contributed by atoms with van der Waals surface area (Å²) in [6, 6.07) is 17.6. The Morgan fingerprint density at radius 3 is 2.18 bits per heavy atom. The van der Waals surface area contributed by atoms with Crippen LogP contribution in [0.2, 0.25) is 0 Å². The Hall–Kier alpha value is -3.87. The predicted molar refractivity (Wildman–Crippen MR) is 148 cm³/mol. The summed E-state index contributed by atoms with van der Waals surface area (Å²) < 4.78 is 34.0. The van der Waals surface area contributed by atoms with Crippen LogP contribution < -0.4 is 9.47 Å². The summed E-state index contributed by atoms with van der Waals surface area (Å²) in [7, 11) is 0. The van der Waals surface area contributed by atoms with Crippen molar-refractivity contribution in [3.05, 3.63) is 77.6 Å². The number of nitrogens with zero attached hydrogens (tertiary/aromatic N) is 1. The molecule has 204 valence electrons. The van der Waals surface area contributed by atoms with E-state index in [9.17, 15) is 9.18 Å². The normalized spacial score (nSPS) is 20.4. The lowest BCUT2D eigenvalue weighted by atomic mass is 9.76. The molecule has 7 heteroatoms. The Bertz CT molecular complexity index is 1310. The molecule has 0 radical (unpaired) electrons. The van der Waals surface area contributed by atoms with Gasteiger partial charge in [0.15, 0.2) is 12.1 Å². The highest BCUT2D eigenvalue weighted by Gasteiger charge is 2.45. The fourth-order valence-electron chi connectivity index (χ4n) is 5.73. The van der Waals surface area contributed by atoms with Gasteiger partial charge in [-0.3, -0.25) is 0 Å². The van der Waals surface area contributed by atoms with E-state index in [-0.39, 0.29) is 17.0 Å². The third kappa shape index (κ3) is 5.92. The summed E-state index contributed by atoms with van der Waals surface area (Å²) in [6.45, 7) is 5.74. The van der Waals surface area contributed by atoms with E-state index in [4.69, 9.17) is 19.3 Å². The molecule has 0 saturated heterocycles. The summed E-state index contributed by atoms with van der Waals surface area (Å²) in [5, 5.41) is 9.16. The van der Waals surface area contributed by atoms with Crippen LogP contribution in [0.25, 0.3) is 11.1 Å². The van der Waals surface area contributed by atoms with Crippen molar-refractivity contribution in [3.63, 3.8) is 0 Å². The zero-order valence-electron chi connectivity index (χ0n) is 22.5. The summed E-state index contributed by atoms with van der Waals surface area (Å²) in [5.41, 5.74) is 3.91. The molecule has 1 heterocycles. The standard InChI is InChI=1S/C32H34FNO5/c1-3-37-28-18-23(19-29(38-4-2)30(28)24-5-9-26(33)10-6-24)17-22-13-15-32(16-14-22)20-34(21-39-32)27-11-7-25(8-12-27)31(35)36/h5-12,18-19,21-22H,3-4,13-17,20H2,1-2H3/p+1. The molecule has 6 nitrogen and oxygen atoms in total. The second-order valence-corrected chi connectivity index (χ2v) is 10.4.